The van der Waals surface area contributed by atoms with Crippen LogP contribution in [0.1, 0.15) is 69.3 Å². The van der Waals surface area contributed by atoms with E-state index in [4.69, 9.17) is 9.47 Å². The van der Waals surface area contributed by atoms with E-state index in [2.05, 4.69) is 15.6 Å². The summed E-state index contributed by atoms with van der Waals surface area (Å²) >= 11 is 0. The van der Waals surface area contributed by atoms with Gasteiger partial charge in [0.05, 0.1) is 24.3 Å². The second-order valence-corrected chi connectivity index (χ2v) is 11.6. The molecule has 3 amide bonds. The van der Waals surface area contributed by atoms with Crippen LogP contribution in [-0.2, 0) is 14.3 Å². The molecule has 1 saturated carbocycles. The molecule has 0 bridgehead atoms. The number of carbonyl (C=O) groups excluding carboxylic acids is 3. The standard InChI is InChI=1S/C29H40FN5O5/c1-18(17-39-5)33-26(36)23-9-6-19(14-24(23)30)25-31-15-20(16-32-25)27(37)35(21-7-8-21)22-10-12-34(13-11-22)28(38)40-29(2,3)4/h6,9,14-15,18,21-22H,7-8,10-13,16-17H2,1-5H3,(H,31,32)(H,33,36). The van der Waals surface area contributed by atoms with Gasteiger partial charge in [0, 0.05) is 50.1 Å². The van der Waals surface area contributed by atoms with Gasteiger partial charge in [-0.2, -0.15) is 0 Å². The van der Waals surface area contributed by atoms with E-state index in [1.165, 1.54) is 19.2 Å². The van der Waals surface area contributed by atoms with Crippen LogP contribution in [0.25, 0.3) is 0 Å². The molecule has 4 rings (SSSR count). The molecule has 11 heteroatoms. The van der Waals surface area contributed by atoms with Gasteiger partial charge < -0.3 is 29.9 Å². The Bertz CT molecular complexity index is 1180. The van der Waals surface area contributed by atoms with Crippen molar-refractivity contribution < 1.29 is 28.2 Å². The average molecular weight is 558 g/mol. The molecule has 1 aromatic carbocycles. The lowest BCUT2D eigenvalue weighted by Crippen LogP contribution is -2.51. The van der Waals surface area contributed by atoms with Crippen molar-refractivity contribution in [1.29, 1.82) is 0 Å². The monoisotopic (exact) mass is 557 g/mol. The predicted molar refractivity (Wildman–Crippen MR) is 149 cm³/mol. The molecule has 2 heterocycles. The molecule has 1 atom stereocenters. The number of rotatable bonds is 8. The highest BCUT2D eigenvalue weighted by Crippen LogP contribution is 2.33. The van der Waals surface area contributed by atoms with Crippen LogP contribution in [0.2, 0.25) is 0 Å². The fourth-order valence-electron chi connectivity index (χ4n) is 4.96. The van der Waals surface area contributed by atoms with Gasteiger partial charge in [-0.1, -0.05) is 6.07 Å². The summed E-state index contributed by atoms with van der Waals surface area (Å²) in [6.07, 6.45) is 4.65. The topological polar surface area (TPSA) is 113 Å². The third kappa shape index (κ3) is 7.38. The number of benzene rings is 1. The summed E-state index contributed by atoms with van der Waals surface area (Å²) in [5.41, 5.74) is 0.408. The first kappa shape index (κ1) is 29.5. The zero-order chi connectivity index (χ0) is 29.0. The number of nitrogens with zero attached hydrogens (tertiary/aromatic N) is 3. The number of halogens is 1. The van der Waals surface area contributed by atoms with Crippen molar-refractivity contribution in [3.63, 3.8) is 0 Å². The lowest BCUT2D eigenvalue weighted by Gasteiger charge is -2.39. The van der Waals surface area contributed by atoms with E-state index >= 15 is 0 Å². The zero-order valence-corrected chi connectivity index (χ0v) is 24.0. The van der Waals surface area contributed by atoms with Crippen LogP contribution in [0.5, 0.6) is 0 Å². The van der Waals surface area contributed by atoms with Crippen LogP contribution < -0.4 is 10.6 Å². The van der Waals surface area contributed by atoms with Crippen molar-refractivity contribution in [3.05, 3.63) is 46.9 Å². The molecule has 218 valence electrons. The Kier molecular flexibility index (Phi) is 9.12. The molecule has 0 spiro atoms. The maximum Gasteiger partial charge on any atom is 0.410 e. The van der Waals surface area contributed by atoms with E-state index in [0.29, 0.717) is 49.5 Å². The summed E-state index contributed by atoms with van der Waals surface area (Å²) in [6.45, 7) is 8.89. The minimum Gasteiger partial charge on any atom is -0.444 e. The minimum atomic E-state index is -0.660. The highest BCUT2D eigenvalue weighted by molar-refractivity contribution is 6.04. The summed E-state index contributed by atoms with van der Waals surface area (Å²) in [5, 5.41) is 5.74. The molecule has 10 nitrogen and oxygen atoms in total. The van der Waals surface area contributed by atoms with Crippen LogP contribution in [0, 0.1) is 5.82 Å². The number of piperidine rings is 1. The van der Waals surface area contributed by atoms with E-state index in [-0.39, 0.29) is 42.2 Å². The van der Waals surface area contributed by atoms with Crippen molar-refractivity contribution in [2.75, 3.05) is 33.4 Å². The van der Waals surface area contributed by atoms with Crippen molar-refractivity contribution >= 4 is 23.7 Å². The first-order chi connectivity index (χ1) is 19.0. The minimum absolute atomic E-state index is 0.0457. The number of aliphatic imine (C=N–C) groups is 1. The molecule has 2 N–H and O–H groups in total. The van der Waals surface area contributed by atoms with Crippen LogP contribution in [0.4, 0.5) is 9.18 Å². The van der Waals surface area contributed by atoms with Crippen molar-refractivity contribution in [2.24, 2.45) is 4.99 Å². The van der Waals surface area contributed by atoms with E-state index in [9.17, 15) is 18.8 Å². The van der Waals surface area contributed by atoms with Gasteiger partial charge in [-0.05, 0) is 65.5 Å². The Balaban J connectivity index is 1.35. The fraction of sp³-hybridized carbons (Fsp3) is 0.586. The molecule has 3 aliphatic rings. The Morgan fingerprint density at radius 2 is 1.85 bits per heavy atom. The van der Waals surface area contributed by atoms with Gasteiger partial charge >= 0.3 is 6.09 Å². The van der Waals surface area contributed by atoms with Gasteiger partial charge in [-0.3, -0.25) is 14.6 Å². The van der Waals surface area contributed by atoms with Crippen LogP contribution in [0.3, 0.4) is 0 Å². The molecule has 1 aromatic rings. The lowest BCUT2D eigenvalue weighted by molar-refractivity contribution is -0.131. The molecule has 40 heavy (non-hydrogen) atoms. The molecule has 0 aromatic heterocycles. The van der Waals surface area contributed by atoms with Gasteiger partial charge in [-0.25, -0.2) is 9.18 Å². The van der Waals surface area contributed by atoms with E-state index in [1.807, 2.05) is 25.7 Å². The Morgan fingerprint density at radius 1 is 1.18 bits per heavy atom. The van der Waals surface area contributed by atoms with E-state index < -0.39 is 17.3 Å². The number of nitrogens with one attached hydrogen (secondary N) is 2. The summed E-state index contributed by atoms with van der Waals surface area (Å²) in [5.74, 6) is -0.805. The normalized spacial score (nSPS) is 18.7. The van der Waals surface area contributed by atoms with Gasteiger partial charge in [0.1, 0.15) is 17.3 Å². The van der Waals surface area contributed by atoms with Gasteiger partial charge in [0.15, 0.2) is 0 Å². The van der Waals surface area contributed by atoms with Gasteiger partial charge in [0.25, 0.3) is 11.8 Å². The maximum absolute atomic E-state index is 14.8. The Labute approximate surface area is 235 Å². The van der Waals surface area contributed by atoms with Crippen LogP contribution in [-0.4, -0.2) is 90.6 Å². The first-order valence-corrected chi connectivity index (χ1v) is 13.9. The third-order valence-corrected chi connectivity index (χ3v) is 7.03. The smallest absolute Gasteiger partial charge is 0.410 e. The van der Waals surface area contributed by atoms with Gasteiger partial charge in [0.2, 0.25) is 0 Å². The first-order valence-electron chi connectivity index (χ1n) is 13.9. The van der Waals surface area contributed by atoms with Crippen molar-refractivity contribution in [2.45, 2.75) is 77.1 Å². The molecule has 1 saturated heterocycles. The maximum atomic E-state index is 14.8. The molecule has 0 radical (unpaired) electrons. The number of methoxy groups -OCH3 is 1. The van der Waals surface area contributed by atoms with Crippen LogP contribution >= 0.6 is 0 Å². The highest BCUT2D eigenvalue weighted by Gasteiger charge is 2.40. The van der Waals surface area contributed by atoms with Crippen molar-refractivity contribution in [1.82, 2.24) is 20.4 Å². The number of ether oxygens (including phenoxy) is 2. The lowest BCUT2D eigenvalue weighted by atomic mass is 10.0. The number of hydrogen-bond acceptors (Lipinski definition) is 7. The second-order valence-electron chi connectivity index (χ2n) is 11.6. The zero-order valence-electron chi connectivity index (χ0n) is 24.0. The Hall–Kier alpha value is -3.47. The fourth-order valence-corrected chi connectivity index (χ4v) is 4.96. The summed E-state index contributed by atoms with van der Waals surface area (Å²) in [6, 6.07) is 4.31. The molecular formula is C29H40FN5O5. The van der Waals surface area contributed by atoms with Gasteiger partial charge in [-0.15, -0.1) is 0 Å². The SMILES string of the molecule is COCC(C)NC(=O)c1ccc(C2=NCC(C(=O)N(C3CC3)C3CCN(C(=O)OC(C)(C)C)CC3)=CN2)cc1F. The van der Waals surface area contributed by atoms with Crippen molar-refractivity contribution in [3.8, 4) is 0 Å². The van der Waals surface area contributed by atoms with E-state index in [0.717, 1.165) is 12.8 Å². The summed E-state index contributed by atoms with van der Waals surface area (Å²) < 4.78 is 25.3. The number of carbonyl (C=O) groups is 3. The largest absolute Gasteiger partial charge is 0.444 e. The quantitative estimate of drug-likeness (QED) is 0.508. The average Bonchev–Trinajstić information content (AvgIpc) is 3.73. The summed E-state index contributed by atoms with van der Waals surface area (Å²) in [4.78, 5) is 46.6. The number of amides is 3. The number of hydrogen-bond donors (Lipinski definition) is 2. The molecule has 1 unspecified atom stereocenters. The third-order valence-electron chi connectivity index (χ3n) is 7.03. The number of likely N-dealkylation sites (tertiary alicyclic amines) is 1. The second kappa shape index (κ2) is 12.4. The predicted octanol–water partition coefficient (Wildman–Crippen LogP) is 3.21. The molecule has 2 fully saturated rings. The Morgan fingerprint density at radius 3 is 2.40 bits per heavy atom. The summed E-state index contributed by atoms with van der Waals surface area (Å²) in [7, 11) is 1.53. The molecule has 1 aliphatic carbocycles. The molecular weight excluding hydrogens is 517 g/mol. The van der Waals surface area contributed by atoms with Crippen LogP contribution in [0.15, 0.2) is 35.0 Å². The highest BCUT2D eigenvalue weighted by atomic mass is 19.1. The number of amidine groups is 1. The molecule has 2 aliphatic heterocycles. The van der Waals surface area contributed by atoms with E-state index in [1.54, 1.807) is 24.1 Å².